The SMILES string of the molecule is COc1nc2c(cc1C(=O)NC(C)(C)COCc1cc(F)ccc1Cl)CCC2. The van der Waals surface area contributed by atoms with Crippen molar-refractivity contribution in [2.75, 3.05) is 13.7 Å². The molecule has 1 N–H and O–H groups in total. The quantitative estimate of drug-likeness (QED) is 0.752. The van der Waals surface area contributed by atoms with Gasteiger partial charge in [0.05, 0.1) is 25.9 Å². The lowest BCUT2D eigenvalue weighted by atomic mass is 10.1. The molecule has 1 heterocycles. The fourth-order valence-corrected chi connectivity index (χ4v) is 3.42. The molecule has 0 fully saturated rings. The number of aromatic nitrogens is 1. The summed E-state index contributed by atoms with van der Waals surface area (Å²) in [6.07, 6.45) is 2.88. The fourth-order valence-electron chi connectivity index (χ4n) is 3.25. The lowest BCUT2D eigenvalue weighted by molar-refractivity contribution is 0.0614. The zero-order chi connectivity index (χ0) is 20.3. The molecule has 1 aliphatic carbocycles. The van der Waals surface area contributed by atoms with Crippen LogP contribution in [0.25, 0.3) is 0 Å². The van der Waals surface area contributed by atoms with Gasteiger partial charge < -0.3 is 14.8 Å². The van der Waals surface area contributed by atoms with Crippen molar-refractivity contribution >= 4 is 17.5 Å². The number of benzene rings is 1. The largest absolute Gasteiger partial charge is 0.480 e. The molecule has 2 aromatic rings. The van der Waals surface area contributed by atoms with E-state index in [0.29, 0.717) is 22.0 Å². The highest BCUT2D eigenvalue weighted by atomic mass is 35.5. The average molecular weight is 407 g/mol. The van der Waals surface area contributed by atoms with Gasteiger partial charge in [0.1, 0.15) is 11.4 Å². The molecule has 1 aliphatic rings. The van der Waals surface area contributed by atoms with Crippen molar-refractivity contribution in [1.82, 2.24) is 10.3 Å². The summed E-state index contributed by atoms with van der Waals surface area (Å²) in [5, 5.41) is 3.40. The number of rotatable bonds is 7. The van der Waals surface area contributed by atoms with Crippen molar-refractivity contribution in [2.24, 2.45) is 0 Å². The summed E-state index contributed by atoms with van der Waals surface area (Å²) in [4.78, 5) is 17.3. The van der Waals surface area contributed by atoms with E-state index in [1.807, 2.05) is 19.9 Å². The molecule has 0 saturated heterocycles. The second kappa shape index (κ2) is 8.45. The highest BCUT2D eigenvalue weighted by molar-refractivity contribution is 6.31. The van der Waals surface area contributed by atoms with Crippen LogP contribution in [0.4, 0.5) is 4.39 Å². The maximum Gasteiger partial charge on any atom is 0.257 e. The Morgan fingerprint density at radius 2 is 2.11 bits per heavy atom. The van der Waals surface area contributed by atoms with Crippen LogP contribution >= 0.6 is 11.6 Å². The summed E-state index contributed by atoms with van der Waals surface area (Å²) in [6.45, 7) is 4.09. The number of fused-ring (bicyclic) bond motifs is 1. The first-order valence-electron chi connectivity index (χ1n) is 9.20. The molecule has 150 valence electrons. The minimum absolute atomic E-state index is 0.152. The molecule has 7 heteroatoms. The fraction of sp³-hybridized carbons (Fsp3) is 0.429. The van der Waals surface area contributed by atoms with E-state index in [1.165, 1.54) is 25.3 Å². The number of nitrogens with zero attached hydrogens (tertiary/aromatic N) is 1. The standard InChI is InChI=1S/C21H24ClFN2O3/c1-21(2,12-28-11-14-9-15(23)7-8-17(14)22)25-19(26)16-10-13-5-4-6-18(13)24-20(16)27-3/h7-10H,4-6,11-12H2,1-3H3,(H,25,26). The van der Waals surface area contributed by atoms with E-state index in [9.17, 15) is 9.18 Å². The van der Waals surface area contributed by atoms with E-state index in [1.54, 1.807) is 0 Å². The minimum Gasteiger partial charge on any atom is -0.480 e. The Morgan fingerprint density at radius 1 is 1.32 bits per heavy atom. The predicted octanol–water partition coefficient (Wildman–Crippen LogP) is 4.10. The molecule has 1 aromatic heterocycles. The monoisotopic (exact) mass is 406 g/mol. The number of methoxy groups -OCH3 is 1. The number of hydrogen-bond donors (Lipinski definition) is 1. The number of pyridine rings is 1. The summed E-state index contributed by atoms with van der Waals surface area (Å²) in [6, 6.07) is 6.01. The van der Waals surface area contributed by atoms with Crippen LogP contribution in [0.15, 0.2) is 24.3 Å². The summed E-state index contributed by atoms with van der Waals surface area (Å²) in [5.74, 6) is -0.301. The van der Waals surface area contributed by atoms with Crippen molar-refractivity contribution < 1.29 is 18.7 Å². The number of nitrogens with one attached hydrogen (secondary N) is 1. The number of aryl methyl sites for hydroxylation is 2. The molecule has 0 saturated carbocycles. The summed E-state index contributed by atoms with van der Waals surface area (Å²) in [7, 11) is 1.51. The molecule has 3 rings (SSSR count). The first-order chi connectivity index (χ1) is 13.3. The third-order valence-electron chi connectivity index (χ3n) is 4.63. The highest BCUT2D eigenvalue weighted by Gasteiger charge is 2.26. The van der Waals surface area contributed by atoms with Gasteiger partial charge in [-0.2, -0.15) is 0 Å². The van der Waals surface area contributed by atoms with Gasteiger partial charge in [0.2, 0.25) is 5.88 Å². The zero-order valence-electron chi connectivity index (χ0n) is 16.3. The third kappa shape index (κ3) is 4.80. The lowest BCUT2D eigenvalue weighted by Gasteiger charge is -2.26. The van der Waals surface area contributed by atoms with Crippen molar-refractivity contribution in [3.05, 3.63) is 57.5 Å². The zero-order valence-corrected chi connectivity index (χ0v) is 17.0. The van der Waals surface area contributed by atoms with E-state index in [0.717, 1.165) is 30.5 Å². The normalized spacial score (nSPS) is 13.3. The van der Waals surface area contributed by atoms with Crippen LogP contribution in [0.2, 0.25) is 5.02 Å². The number of amides is 1. The third-order valence-corrected chi connectivity index (χ3v) is 5.00. The number of carbonyl (C=O) groups is 1. The van der Waals surface area contributed by atoms with Crippen molar-refractivity contribution in [2.45, 2.75) is 45.3 Å². The van der Waals surface area contributed by atoms with Gasteiger partial charge in [-0.15, -0.1) is 0 Å². The molecule has 1 aromatic carbocycles. The van der Waals surface area contributed by atoms with Gasteiger partial charge in [-0.1, -0.05) is 11.6 Å². The Hall–Kier alpha value is -2.18. The molecule has 1 amide bonds. The number of hydrogen-bond acceptors (Lipinski definition) is 4. The molecular weight excluding hydrogens is 383 g/mol. The van der Waals surface area contributed by atoms with Crippen LogP contribution < -0.4 is 10.1 Å². The van der Waals surface area contributed by atoms with Crippen LogP contribution in [0.1, 0.15) is 47.4 Å². The maximum absolute atomic E-state index is 13.3. The van der Waals surface area contributed by atoms with Gasteiger partial charge in [0.25, 0.3) is 5.91 Å². The first-order valence-corrected chi connectivity index (χ1v) is 9.58. The van der Waals surface area contributed by atoms with Crippen LogP contribution in [-0.2, 0) is 24.2 Å². The van der Waals surface area contributed by atoms with Gasteiger partial charge in [0, 0.05) is 10.7 Å². The van der Waals surface area contributed by atoms with E-state index in [-0.39, 0.29) is 24.9 Å². The van der Waals surface area contributed by atoms with Crippen molar-refractivity contribution in [3.63, 3.8) is 0 Å². The van der Waals surface area contributed by atoms with Crippen LogP contribution in [-0.4, -0.2) is 30.1 Å². The molecule has 5 nitrogen and oxygen atoms in total. The highest BCUT2D eigenvalue weighted by Crippen LogP contribution is 2.27. The number of carbonyl (C=O) groups excluding carboxylic acids is 1. The van der Waals surface area contributed by atoms with Crippen LogP contribution in [0.5, 0.6) is 5.88 Å². The van der Waals surface area contributed by atoms with E-state index < -0.39 is 5.54 Å². The molecule has 0 aliphatic heterocycles. The van der Waals surface area contributed by atoms with E-state index in [2.05, 4.69) is 10.3 Å². The van der Waals surface area contributed by atoms with Gasteiger partial charge in [-0.3, -0.25) is 4.79 Å². The van der Waals surface area contributed by atoms with Crippen molar-refractivity contribution in [1.29, 1.82) is 0 Å². The lowest BCUT2D eigenvalue weighted by Crippen LogP contribution is -2.47. The van der Waals surface area contributed by atoms with Gasteiger partial charge in [-0.25, -0.2) is 9.37 Å². The molecule has 0 bridgehead atoms. The summed E-state index contributed by atoms with van der Waals surface area (Å²) >= 11 is 6.05. The topological polar surface area (TPSA) is 60.5 Å². The second-order valence-electron chi connectivity index (χ2n) is 7.57. The van der Waals surface area contributed by atoms with Crippen LogP contribution in [0, 0.1) is 5.82 Å². The summed E-state index contributed by atoms with van der Waals surface area (Å²) in [5.41, 5.74) is 2.43. The minimum atomic E-state index is -0.652. The molecule has 0 unspecified atom stereocenters. The molecule has 0 atom stereocenters. The van der Waals surface area contributed by atoms with E-state index in [4.69, 9.17) is 21.1 Å². The predicted molar refractivity (Wildman–Crippen MR) is 105 cm³/mol. The van der Waals surface area contributed by atoms with Gasteiger partial charge in [0.15, 0.2) is 0 Å². The van der Waals surface area contributed by atoms with E-state index >= 15 is 0 Å². The molecule has 28 heavy (non-hydrogen) atoms. The molecule has 0 spiro atoms. The Labute approximate surface area is 169 Å². The Balaban J connectivity index is 1.63. The Bertz CT molecular complexity index is 886. The maximum atomic E-state index is 13.3. The number of halogens is 2. The first kappa shape index (κ1) is 20.6. The Morgan fingerprint density at radius 3 is 2.86 bits per heavy atom. The number of ether oxygens (including phenoxy) is 2. The van der Waals surface area contributed by atoms with Crippen molar-refractivity contribution in [3.8, 4) is 5.88 Å². The van der Waals surface area contributed by atoms with Gasteiger partial charge in [-0.05, 0) is 68.5 Å². The smallest absolute Gasteiger partial charge is 0.257 e. The molecule has 0 radical (unpaired) electrons. The average Bonchev–Trinajstić information content (AvgIpc) is 3.10. The summed E-state index contributed by atoms with van der Waals surface area (Å²) < 4.78 is 24.3. The van der Waals surface area contributed by atoms with Gasteiger partial charge >= 0.3 is 0 Å². The van der Waals surface area contributed by atoms with Crippen LogP contribution in [0.3, 0.4) is 0 Å². The molecular formula is C21H24ClFN2O3. The second-order valence-corrected chi connectivity index (χ2v) is 7.98. The Kier molecular flexibility index (Phi) is 6.20.